The summed E-state index contributed by atoms with van der Waals surface area (Å²) in [5, 5.41) is 0. The van der Waals surface area contributed by atoms with E-state index in [1.54, 1.807) is 24.6 Å². The van der Waals surface area contributed by atoms with Gasteiger partial charge in [-0.3, -0.25) is 0 Å². The fourth-order valence-corrected chi connectivity index (χ4v) is 8.68. The van der Waals surface area contributed by atoms with Gasteiger partial charge in [0.25, 0.3) is 0 Å². The summed E-state index contributed by atoms with van der Waals surface area (Å²) in [6.45, 7) is 8.33. The molecule has 0 bridgehead atoms. The first kappa shape index (κ1) is 18.6. The Morgan fingerprint density at radius 2 is 1.24 bits per heavy atom. The molecule has 0 spiro atoms. The van der Waals surface area contributed by atoms with Gasteiger partial charge in [-0.1, -0.05) is 26.8 Å². The van der Waals surface area contributed by atoms with Crippen molar-refractivity contribution in [2.24, 2.45) is 0 Å². The molecule has 0 radical (unpaired) electrons. The number of rotatable bonds is 12. The van der Waals surface area contributed by atoms with Crippen LogP contribution < -0.4 is 4.57 Å². The first-order valence-corrected chi connectivity index (χ1v) is 11.6. The highest BCUT2D eigenvalue weighted by atomic mass is 31.2. The van der Waals surface area contributed by atoms with E-state index in [9.17, 15) is 0 Å². The second-order valence-electron chi connectivity index (χ2n) is 6.41. The van der Waals surface area contributed by atoms with Gasteiger partial charge < -0.3 is 0 Å². The normalized spacial score (nSPS) is 11.8. The maximum atomic E-state index is 2.38. The minimum Gasteiger partial charge on any atom is -0.205 e. The van der Waals surface area contributed by atoms with Crippen molar-refractivity contribution in [3.63, 3.8) is 0 Å². The Balaban J connectivity index is 2.31. The van der Waals surface area contributed by atoms with E-state index in [0.717, 1.165) is 0 Å². The number of aryl methyl sites for hydroxylation is 1. The van der Waals surface area contributed by atoms with Crippen LogP contribution in [-0.2, 0) is 6.54 Å². The van der Waals surface area contributed by atoms with Crippen LogP contribution in [0.15, 0.2) is 30.6 Å². The fraction of sp³-hybridized carbons (Fsp3) is 0.737. The predicted molar refractivity (Wildman–Crippen MR) is 97.7 cm³/mol. The number of hydrogen-bond donors (Lipinski definition) is 0. The minimum absolute atomic E-state index is 0.615. The molecule has 2 heteroatoms. The van der Waals surface area contributed by atoms with Crippen LogP contribution in [0.2, 0.25) is 0 Å². The Hall–Kier alpha value is -0.420. The van der Waals surface area contributed by atoms with Crippen molar-refractivity contribution in [2.75, 3.05) is 24.6 Å². The second kappa shape index (κ2) is 11.2. The lowest BCUT2D eigenvalue weighted by atomic mass is 10.2. The van der Waals surface area contributed by atoms with Crippen LogP contribution in [0.25, 0.3) is 0 Å². The highest BCUT2D eigenvalue weighted by Crippen LogP contribution is 2.60. The number of pyridine rings is 1. The molecule has 0 N–H and O–H groups in total. The zero-order valence-corrected chi connectivity index (χ0v) is 15.5. The topological polar surface area (TPSA) is 3.88 Å². The van der Waals surface area contributed by atoms with Crippen molar-refractivity contribution in [1.82, 2.24) is 0 Å². The SMILES string of the molecule is CCC[P+](CCC)(CCC)CCCCC[n+]1ccccc1. The van der Waals surface area contributed by atoms with Gasteiger partial charge in [-0.05, 0) is 32.1 Å². The Morgan fingerprint density at radius 3 is 1.76 bits per heavy atom. The molecule has 21 heavy (non-hydrogen) atoms. The van der Waals surface area contributed by atoms with Gasteiger partial charge in [-0.15, -0.1) is 0 Å². The van der Waals surface area contributed by atoms with Crippen molar-refractivity contribution in [1.29, 1.82) is 0 Å². The molecule has 1 aromatic rings. The maximum absolute atomic E-state index is 2.38. The van der Waals surface area contributed by atoms with Gasteiger partial charge in [0.1, 0.15) is 6.54 Å². The molecule has 0 fully saturated rings. The van der Waals surface area contributed by atoms with Gasteiger partial charge in [0.05, 0.1) is 24.6 Å². The van der Waals surface area contributed by atoms with Crippen molar-refractivity contribution < 1.29 is 4.57 Å². The van der Waals surface area contributed by atoms with Crippen molar-refractivity contribution >= 4 is 7.26 Å². The lowest BCUT2D eigenvalue weighted by Crippen LogP contribution is -2.32. The van der Waals surface area contributed by atoms with E-state index in [0.29, 0.717) is 0 Å². The molecule has 120 valence electrons. The zero-order valence-electron chi connectivity index (χ0n) is 14.6. The molecule has 0 aliphatic heterocycles. The van der Waals surface area contributed by atoms with Gasteiger partial charge in [0.2, 0.25) is 0 Å². The molecule has 0 aliphatic rings. The molecular formula is C19H36NP+2. The van der Waals surface area contributed by atoms with Crippen LogP contribution in [0, 0.1) is 0 Å². The van der Waals surface area contributed by atoms with Gasteiger partial charge in [-0.25, -0.2) is 4.57 Å². The van der Waals surface area contributed by atoms with E-state index in [1.807, 2.05) is 0 Å². The lowest BCUT2D eigenvalue weighted by Gasteiger charge is -2.27. The molecule has 0 saturated carbocycles. The summed E-state index contributed by atoms with van der Waals surface area (Å²) >= 11 is 0. The molecule has 0 aromatic carbocycles. The summed E-state index contributed by atoms with van der Waals surface area (Å²) < 4.78 is 2.31. The van der Waals surface area contributed by atoms with Crippen LogP contribution in [-0.4, -0.2) is 24.6 Å². The second-order valence-corrected chi connectivity index (χ2v) is 10.9. The average Bonchev–Trinajstić information content (AvgIpc) is 2.49. The molecule has 0 amide bonds. The third-order valence-electron chi connectivity index (χ3n) is 4.42. The summed E-state index contributed by atoms with van der Waals surface area (Å²) in [7, 11) is -0.615. The number of nitrogens with zero attached hydrogens (tertiary/aromatic N) is 1. The van der Waals surface area contributed by atoms with Crippen LogP contribution in [0.1, 0.15) is 59.3 Å². The Labute approximate surface area is 133 Å². The monoisotopic (exact) mass is 309 g/mol. The third-order valence-corrected chi connectivity index (χ3v) is 9.87. The van der Waals surface area contributed by atoms with Crippen LogP contribution in [0.4, 0.5) is 0 Å². The third kappa shape index (κ3) is 7.41. The molecule has 1 nitrogen and oxygen atoms in total. The smallest absolute Gasteiger partial charge is 0.168 e. The van der Waals surface area contributed by atoms with Crippen LogP contribution >= 0.6 is 7.26 Å². The Kier molecular flexibility index (Phi) is 9.92. The van der Waals surface area contributed by atoms with E-state index < -0.39 is 7.26 Å². The van der Waals surface area contributed by atoms with Gasteiger partial charge in [0, 0.05) is 25.8 Å². The number of unbranched alkanes of at least 4 members (excludes halogenated alkanes) is 2. The first-order chi connectivity index (χ1) is 10.3. The molecule has 1 rings (SSSR count). The summed E-state index contributed by atoms with van der Waals surface area (Å²) in [5.41, 5.74) is 0. The van der Waals surface area contributed by atoms with Crippen molar-refractivity contribution in [3.8, 4) is 0 Å². The minimum atomic E-state index is -0.615. The fourth-order valence-electron chi connectivity index (χ4n) is 3.60. The molecule has 1 heterocycles. The molecule has 0 unspecified atom stereocenters. The van der Waals surface area contributed by atoms with E-state index in [2.05, 4.69) is 55.9 Å². The summed E-state index contributed by atoms with van der Waals surface area (Å²) in [5.74, 6) is 0. The van der Waals surface area contributed by atoms with E-state index in [-0.39, 0.29) is 0 Å². The van der Waals surface area contributed by atoms with Crippen LogP contribution in [0.3, 0.4) is 0 Å². The van der Waals surface area contributed by atoms with Gasteiger partial charge in [0.15, 0.2) is 12.4 Å². The van der Waals surface area contributed by atoms with E-state index >= 15 is 0 Å². The summed E-state index contributed by atoms with van der Waals surface area (Å²) in [6.07, 6.45) is 18.9. The molecular weight excluding hydrogens is 273 g/mol. The number of hydrogen-bond acceptors (Lipinski definition) is 0. The molecule has 1 aromatic heterocycles. The van der Waals surface area contributed by atoms with Gasteiger partial charge >= 0.3 is 0 Å². The molecule has 0 aliphatic carbocycles. The van der Waals surface area contributed by atoms with Crippen molar-refractivity contribution in [3.05, 3.63) is 30.6 Å². The standard InChI is InChI=1S/C19H36NP/c1-4-16-21(17-5-2,18-6-3)19-12-8-11-15-20-13-9-7-10-14-20/h7,9-10,13-14H,4-6,8,11-12,15-19H2,1-3H3/q+2. The summed E-state index contributed by atoms with van der Waals surface area (Å²) in [4.78, 5) is 0. The maximum Gasteiger partial charge on any atom is 0.168 e. The highest BCUT2D eigenvalue weighted by Gasteiger charge is 2.33. The Morgan fingerprint density at radius 1 is 0.667 bits per heavy atom. The van der Waals surface area contributed by atoms with E-state index in [4.69, 9.17) is 0 Å². The zero-order chi connectivity index (χ0) is 15.4. The Bertz CT molecular complexity index is 333. The largest absolute Gasteiger partial charge is 0.205 e. The van der Waals surface area contributed by atoms with Crippen molar-refractivity contribution in [2.45, 2.75) is 65.8 Å². The number of aromatic nitrogens is 1. The summed E-state index contributed by atoms with van der Waals surface area (Å²) in [6, 6.07) is 6.34. The predicted octanol–water partition coefficient (Wildman–Crippen LogP) is 5.39. The lowest BCUT2D eigenvalue weighted by molar-refractivity contribution is -0.697. The molecule has 0 saturated heterocycles. The van der Waals surface area contributed by atoms with Crippen LogP contribution in [0.5, 0.6) is 0 Å². The first-order valence-electron chi connectivity index (χ1n) is 9.05. The van der Waals surface area contributed by atoms with E-state index in [1.165, 1.54) is 45.1 Å². The van der Waals surface area contributed by atoms with Gasteiger partial charge in [-0.2, -0.15) is 0 Å². The average molecular weight is 309 g/mol. The quantitative estimate of drug-likeness (QED) is 0.277. The highest BCUT2D eigenvalue weighted by molar-refractivity contribution is 7.75. The molecule has 0 atom stereocenters.